The average Bonchev–Trinajstić information content (AvgIpc) is 3.21. The lowest BCUT2D eigenvalue weighted by Crippen LogP contribution is -2.04. The lowest BCUT2D eigenvalue weighted by Gasteiger charge is -2.10. The van der Waals surface area contributed by atoms with Crippen LogP contribution in [-0.4, -0.2) is 17.1 Å². The lowest BCUT2D eigenvalue weighted by molar-refractivity contribution is 0.414. The third-order valence-corrected chi connectivity index (χ3v) is 3.96. The summed E-state index contributed by atoms with van der Waals surface area (Å²) in [5.74, 6) is 2.85. The van der Waals surface area contributed by atoms with Crippen molar-refractivity contribution in [2.45, 2.75) is 6.54 Å². The predicted molar refractivity (Wildman–Crippen MR) is 97.6 cm³/mol. The van der Waals surface area contributed by atoms with E-state index in [1.165, 1.54) is 0 Å². The summed E-state index contributed by atoms with van der Waals surface area (Å²) in [4.78, 5) is 9.25. The summed E-state index contributed by atoms with van der Waals surface area (Å²) in [7, 11) is 1.66. The lowest BCUT2D eigenvalue weighted by atomic mass is 10.2. The van der Waals surface area contributed by atoms with Crippen molar-refractivity contribution >= 4 is 16.7 Å². The molecule has 0 aliphatic heterocycles. The summed E-state index contributed by atoms with van der Waals surface area (Å²) < 4.78 is 10.6. The number of nitrogens with one attached hydrogen (secondary N) is 1. The Morgan fingerprint density at radius 3 is 2.56 bits per heavy atom. The fraction of sp³-hybridized carbons (Fsp3) is 0.100. The quantitative estimate of drug-likeness (QED) is 0.583. The maximum atomic E-state index is 5.45. The molecule has 0 amide bonds. The molecule has 0 spiro atoms. The minimum Gasteiger partial charge on any atom is -0.497 e. The SMILES string of the molecule is COc1ccc(CNc2nc(-c3ccco3)nc3ccccc23)cc1. The van der Waals surface area contributed by atoms with Crippen LogP contribution in [0.3, 0.4) is 0 Å². The summed E-state index contributed by atoms with van der Waals surface area (Å²) in [5.41, 5.74) is 2.02. The van der Waals surface area contributed by atoms with Crippen LogP contribution < -0.4 is 10.1 Å². The number of nitrogens with zero attached hydrogens (tertiary/aromatic N) is 2. The fourth-order valence-corrected chi connectivity index (χ4v) is 2.66. The molecule has 0 bridgehead atoms. The van der Waals surface area contributed by atoms with E-state index in [4.69, 9.17) is 9.15 Å². The molecule has 0 fully saturated rings. The van der Waals surface area contributed by atoms with E-state index < -0.39 is 0 Å². The van der Waals surface area contributed by atoms with Gasteiger partial charge in [-0.05, 0) is 42.0 Å². The molecule has 0 aliphatic rings. The number of benzene rings is 2. The highest BCUT2D eigenvalue weighted by atomic mass is 16.5. The van der Waals surface area contributed by atoms with Gasteiger partial charge >= 0.3 is 0 Å². The molecule has 0 unspecified atom stereocenters. The summed E-state index contributed by atoms with van der Waals surface area (Å²) in [6.07, 6.45) is 1.62. The van der Waals surface area contributed by atoms with Crippen molar-refractivity contribution in [3.63, 3.8) is 0 Å². The van der Waals surface area contributed by atoms with E-state index in [0.717, 1.165) is 28.0 Å². The maximum absolute atomic E-state index is 5.45. The van der Waals surface area contributed by atoms with Crippen molar-refractivity contribution < 1.29 is 9.15 Å². The maximum Gasteiger partial charge on any atom is 0.198 e. The molecule has 0 atom stereocenters. The molecule has 2 aromatic heterocycles. The molecule has 0 saturated carbocycles. The Morgan fingerprint density at radius 2 is 1.80 bits per heavy atom. The molecule has 1 N–H and O–H groups in total. The molecular formula is C20H17N3O2. The summed E-state index contributed by atoms with van der Waals surface area (Å²) >= 11 is 0. The van der Waals surface area contributed by atoms with Gasteiger partial charge in [0.1, 0.15) is 11.6 Å². The Balaban J connectivity index is 1.67. The number of rotatable bonds is 5. The smallest absolute Gasteiger partial charge is 0.198 e. The molecule has 0 saturated heterocycles. The van der Waals surface area contributed by atoms with E-state index in [2.05, 4.69) is 15.3 Å². The van der Waals surface area contributed by atoms with Crippen molar-refractivity contribution in [2.24, 2.45) is 0 Å². The first-order valence-corrected chi connectivity index (χ1v) is 8.01. The number of furan rings is 1. The highest BCUT2D eigenvalue weighted by Gasteiger charge is 2.10. The highest BCUT2D eigenvalue weighted by Crippen LogP contribution is 2.25. The van der Waals surface area contributed by atoms with Gasteiger partial charge in [0.05, 0.1) is 18.9 Å². The van der Waals surface area contributed by atoms with E-state index >= 15 is 0 Å². The molecule has 0 aliphatic carbocycles. The van der Waals surface area contributed by atoms with Gasteiger partial charge < -0.3 is 14.5 Å². The number of hydrogen-bond donors (Lipinski definition) is 1. The van der Waals surface area contributed by atoms with Crippen molar-refractivity contribution in [1.82, 2.24) is 9.97 Å². The van der Waals surface area contributed by atoms with Crippen LogP contribution in [0.25, 0.3) is 22.5 Å². The number of hydrogen-bond acceptors (Lipinski definition) is 5. The summed E-state index contributed by atoms with van der Waals surface area (Å²) in [5, 5.41) is 4.39. The van der Waals surface area contributed by atoms with Gasteiger partial charge in [0, 0.05) is 11.9 Å². The van der Waals surface area contributed by atoms with Crippen LogP contribution in [0.15, 0.2) is 71.3 Å². The van der Waals surface area contributed by atoms with Gasteiger partial charge in [-0.2, -0.15) is 0 Å². The van der Waals surface area contributed by atoms with Gasteiger partial charge in [0.2, 0.25) is 0 Å². The zero-order valence-electron chi connectivity index (χ0n) is 13.8. The minimum absolute atomic E-state index is 0.570. The van der Waals surface area contributed by atoms with Gasteiger partial charge in [-0.1, -0.05) is 24.3 Å². The third-order valence-electron chi connectivity index (χ3n) is 3.96. The van der Waals surface area contributed by atoms with Crippen LogP contribution in [0.1, 0.15) is 5.56 Å². The van der Waals surface area contributed by atoms with Crippen molar-refractivity contribution in [3.8, 4) is 17.3 Å². The van der Waals surface area contributed by atoms with E-state index in [1.54, 1.807) is 13.4 Å². The Bertz CT molecular complexity index is 980. The normalized spacial score (nSPS) is 10.8. The van der Waals surface area contributed by atoms with Crippen LogP contribution in [0.4, 0.5) is 5.82 Å². The third kappa shape index (κ3) is 3.17. The molecule has 2 aromatic carbocycles. The molecule has 5 nitrogen and oxygen atoms in total. The van der Waals surface area contributed by atoms with Gasteiger partial charge in [-0.3, -0.25) is 0 Å². The molecule has 124 valence electrons. The summed E-state index contributed by atoms with van der Waals surface area (Å²) in [6.45, 7) is 0.655. The second-order valence-corrected chi connectivity index (χ2v) is 5.59. The van der Waals surface area contributed by atoms with Crippen LogP contribution in [0.2, 0.25) is 0 Å². The second kappa shape index (κ2) is 6.65. The van der Waals surface area contributed by atoms with Crippen LogP contribution in [-0.2, 0) is 6.54 Å². The number of aromatic nitrogens is 2. The Hall–Kier alpha value is -3.34. The number of fused-ring (bicyclic) bond motifs is 1. The van der Waals surface area contributed by atoms with Crippen molar-refractivity contribution in [2.75, 3.05) is 12.4 Å². The molecule has 4 aromatic rings. The molecule has 2 heterocycles. The molecule has 4 rings (SSSR count). The predicted octanol–water partition coefficient (Wildman–Crippen LogP) is 4.51. The van der Waals surface area contributed by atoms with Gasteiger partial charge in [0.15, 0.2) is 11.6 Å². The zero-order valence-corrected chi connectivity index (χ0v) is 13.8. The molecule has 25 heavy (non-hydrogen) atoms. The van der Waals surface area contributed by atoms with E-state index in [9.17, 15) is 0 Å². The number of anilines is 1. The van der Waals surface area contributed by atoms with Crippen molar-refractivity contribution in [3.05, 3.63) is 72.5 Å². The fourth-order valence-electron chi connectivity index (χ4n) is 2.66. The van der Waals surface area contributed by atoms with E-state index in [-0.39, 0.29) is 0 Å². The Morgan fingerprint density at radius 1 is 0.960 bits per heavy atom. The van der Waals surface area contributed by atoms with Crippen LogP contribution in [0, 0.1) is 0 Å². The Kier molecular flexibility index (Phi) is 4.04. The first kappa shape index (κ1) is 15.2. The average molecular weight is 331 g/mol. The standard InChI is InChI=1S/C20H17N3O2/c1-24-15-10-8-14(9-11-15)13-21-19-16-5-2-3-6-17(16)22-20(23-19)18-7-4-12-25-18/h2-12H,13H2,1H3,(H,21,22,23). The molecular weight excluding hydrogens is 314 g/mol. The number of para-hydroxylation sites is 1. The topological polar surface area (TPSA) is 60.2 Å². The van der Waals surface area contributed by atoms with Gasteiger partial charge in [-0.25, -0.2) is 9.97 Å². The molecule has 5 heteroatoms. The van der Waals surface area contributed by atoms with Crippen LogP contribution >= 0.6 is 0 Å². The first-order valence-electron chi connectivity index (χ1n) is 8.01. The zero-order chi connectivity index (χ0) is 17.1. The largest absolute Gasteiger partial charge is 0.497 e. The minimum atomic E-state index is 0.570. The first-order chi connectivity index (χ1) is 12.3. The monoisotopic (exact) mass is 331 g/mol. The molecule has 0 radical (unpaired) electrons. The Labute approximate surface area is 145 Å². The van der Waals surface area contributed by atoms with Gasteiger partial charge in [-0.15, -0.1) is 0 Å². The highest BCUT2D eigenvalue weighted by molar-refractivity contribution is 5.90. The van der Waals surface area contributed by atoms with Crippen molar-refractivity contribution in [1.29, 1.82) is 0 Å². The second-order valence-electron chi connectivity index (χ2n) is 5.59. The van der Waals surface area contributed by atoms with E-state index in [0.29, 0.717) is 18.1 Å². The number of methoxy groups -OCH3 is 1. The number of ether oxygens (including phenoxy) is 1. The van der Waals surface area contributed by atoms with E-state index in [1.807, 2.05) is 60.7 Å². The summed E-state index contributed by atoms with van der Waals surface area (Å²) in [6, 6.07) is 19.6. The van der Waals surface area contributed by atoms with Gasteiger partial charge in [0.25, 0.3) is 0 Å². The van der Waals surface area contributed by atoms with Crippen LogP contribution in [0.5, 0.6) is 5.75 Å².